The summed E-state index contributed by atoms with van der Waals surface area (Å²) >= 11 is 0. The van der Waals surface area contributed by atoms with Crippen LogP contribution in [-0.4, -0.2) is 4.57 Å². The Balaban J connectivity index is 1.14. The molecule has 1 heterocycles. The van der Waals surface area contributed by atoms with Gasteiger partial charge in [0.2, 0.25) is 0 Å². The van der Waals surface area contributed by atoms with Crippen molar-refractivity contribution in [2.24, 2.45) is 0 Å². The third-order valence-electron chi connectivity index (χ3n) is 12.4. The highest BCUT2D eigenvalue weighted by molar-refractivity contribution is 6.11. The summed E-state index contributed by atoms with van der Waals surface area (Å²) in [5, 5.41) is 2.46. The van der Waals surface area contributed by atoms with Gasteiger partial charge in [0.1, 0.15) is 0 Å². The molecule has 0 amide bonds. The molecule has 0 fully saturated rings. The summed E-state index contributed by atoms with van der Waals surface area (Å²) < 4.78 is 2.39. The van der Waals surface area contributed by atoms with Gasteiger partial charge in [0.25, 0.3) is 0 Å². The monoisotopic (exact) mass is 724 g/mol. The zero-order valence-electron chi connectivity index (χ0n) is 31.2. The molecule has 0 atom stereocenters. The summed E-state index contributed by atoms with van der Waals surface area (Å²) in [6.07, 6.45) is 0. The van der Waals surface area contributed by atoms with Crippen molar-refractivity contribution < 1.29 is 0 Å². The molecule has 0 bridgehead atoms. The third kappa shape index (κ3) is 4.47. The fourth-order valence-corrected chi connectivity index (χ4v) is 10.1. The third-order valence-corrected chi connectivity index (χ3v) is 12.4. The molecule has 2 nitrogen and oxygen atoms in total. The number of rotatable bonds is 5. The second kappa shape index (κ2) is 12.3. The van der Waals surface area contributed by atoms with E-state index in [9.17, 15) is 0 Å². The molecule has 2 heteroatoms. The highest BCUT2D eigenvalue weighted by Gasteiger charge is 2.52. The van der Waals surface area contributed by atoms with Crippen molar-refractivity contribution in [3.8, 4) is 39.1 Å². The largest absolute Gasteiger partial charge is 0.310 e. The maximum absolute atomic E-state index is 2.49. The quantitative estimate of drug-likeness (QED) is 0.172. The van der Waals surface area contributed by atoms with Crippen LogP contribution in [0.4, 0.5) is 17.1 Å². The van der Waals surface area contributed by atoms with E-state index in [4.69, 9.17) is 0 Å². The number of nitrogens with zero attached hydrogens (tertiary/aromatic N) is 2. The van der Waals surface area contributed by atoms with Crippen LogP contribution in [-0.2, 0) is 5.41 Å². The van der Waals surface area contributed by atoms with E-state index in [1.165, 1.54) is 77.4 Å². The van der Waals surface area contributed by atoms with E-state index in [2.05, 4.69) is 228 Å². The van der Waals surface area contributed by atoms with Crippen molar-refractivity contribution in [1.29, 1.82) is 0 Å². The number of anilines is 3. The second-order valence-electron chi connectivity index (χ2n) is 15.2. The molecule has 1 aromatic heterocycles. The Kier molecular flexibility index (Phi) is 6.88. The van der Waals surface area contributed by atoms with Gasteiger partial charge < -0.3 is 9.47 Å². The van der Waals surface area contributed by atoms with Crippen molar-refractivity contribution in [1.82, 2.24) is 4.57 Å². The van der Waals surface area contributed by atoms with Gasteiger partial charge in [0.05, 0.1) is 22.1 Å². The van der Waals surface area contributed by atoms with Crippen molar-refractivity contribution in [2.75, 3.05) is 4.90 Å². The fraction of sp³-hybridized carbons (Fsp3) is 0.0182. The van der Waals surface area contributed by atoms with Crippen LogP contribution in [0.5, 0.6) is 0 Å². The number of aromatic nitrogens is 1. The Morgan fingerprint density at radius 1 is 0.351 bits per heavy atom. The van der Waals surface area contributed by atoms with Crippen LogP contribution in [0.15, 0.2) is 218 Å². The molecule has 10 aromatic rings. The summed E-state index contributed by atoms with van der Waals surface area (Å²) in [7, 11) is 0. The standard InChI is InChI=1S/C55H36N2/c1-3-16-37(17-4-1)38-30-32-40(33-31-38)56(41-34-35-52-46(36-41)44-22-10-14-28-51(44)57(52)39-18-5-2-6-19-39)53-29-15-27-50-54(53)45-23-9-13-26-49(45)55(50)47-24-11-7-20-42(47)43-21-8-12-25-48(43)55/h1-36H. The van der Waals surface area contributed by atoms with Gasteiger partial charge in [-0.3, -0.25) is 0 Å². The Hall–Kier alpha value is -7.42. The highest BCUT2D eigenvalue weighted by Crippen LogP contribution is 2.64. The molecule has 0 aliphatic heterocycles. The van der Waals surface area contributed by atoms with Gasteiger partial charge in [0.15, 0.2) is 0 Å². The average molecular weight is 725 g/mol. The number of hydrogen-bond acceptors (Lipinski definition) is 1. The van der Waals surface area contributed by atoms with Crippen LogP contribution in [0.1, 0.15) is 22.3 Å². The molecular weight excluding hydrogens is 689 g/mol. The lowest BCUT2D eigenvalue weighted by Gasteiger charge is -2.32. The van der Waals surface area contributed by atoms with Crippen LogP contribution in [0.3, 0.4) is 0 Å². The first-order valence-electron chi connectivity index (χ1n) is 19.8. The minimum Gasteiger partial charge on any atom is -0.310 e. The van der Waals surface area contributed by atoms with Crippen LogP contribution in [0.25, 0.3) is 60.9 Å². The van der Waals surface area contributed by atoms with Gasteiger partial charge in [-0.2, -0.15) is 0 Å². The van der Waals surface area contributed by atoms with Gasteiger partial charge >= 0.3 is 0 Å². The van der Waals surface area contributed by atoms with Gasteiger partial charge in [-0.1, -0.05) is 164 Å². The normalized spacial score (nSPS) is 13.1. The number of fused-ring (bicyclic) bond motifs is 13. The Bertz CT molecular complexity index is 3130. The molecule has 0 saturated heterocycles. The molecule has 0 unspecified atom stereocenters. The molecule has 266 valence electrons. The van der Waals surface area contributed by atoms with E-state index in [-0.39, 0.29) is 0 Å². The fourth-order valence-electron chi connectivity index (χ4n) is 10.1. The van der Waals surface area contributed by atoms with Crippen LogP contribution < -0.4 is 4.90 Å². The van der Waals surface area contributed by atoms with E-state index < -0.39 is 5.41 Å². The minimum absolute atomic E-state index is 0.426. The topological polar surface area (TPSA) is 8.17 Å². The van der Waals surface area contributed by atoms with Crippen LogP contribution in [0.2, 0.25) is 0 Å². The molecule has 1 spiro atoms. The molecule has 12 rings (SSSR count). The maximum Gasteiger partial charge on any atom is 0.0726 e. The Morgan fingerprint density at radius 2 is 0.877 bits per heavy atom. The lowest BCUT2D eigenvalue weighted by molar-refractivity contribution is 0.794. The van der Waals surface area contributed by atoms with Gasteiger partial charge in [0, 0.05) is 33.4 Å². The van der Waals surface area contributed by atoms with E-state index in [1.54, 1.807) is 0 Å². The summed E-state index contributed by atoms with van der Waals surface area (Å²) in [5.41, 5.74) is 19.5. The molecule has 0 N–H and O–H groups in total. The predicted octanol–water partition coefficient (Wildman–Crippen LogP) is 14.3. The minimum atomic E-state index is -0.426. The van der Waals surface area contributed by atoms with Crippen LogP contribution >= 0.6 is 0 Å². The lowest BCUT2D eigenvalue weighted by atomic mass is 9.70. The number of para-hydroxylation sites is 2. The first-order valence-corrected chi connectivity index (χ1v) is 19.8. The van der Waals surface area contributed by atoms with Crippen molar-refractivity contribution in [2.45, 2.75) is 5.41 Å². The molecule has 2 aliphatic carbocycles. The molecule has 0 radical (unpaired) electrons. The van der Waals surface area contributed by atoms with Crippen molar-refractivity contribution in [3.05, 3.63) is 241 Å². The molecule has 9 aromatic carbocycles. The van der Waals surface area contributed by atoms with Gasteiger partial charge in [-0.25, -0.2) is 0 Å². The summed E-state index contributed by atoms with van der Waals surface area (Å²) in [4.78, 5) is 2.49. The first-order chi connectivity index (χ1) is 28.3. The average Bonchev–Trinajstić information content (AvgIpc) is 3.89. The first kappa shape index (κ1) is 31.9. The number of hydrogen-bond donors (Lipinski definition) is 0. The summed E-state index contributed by atoms with van der Waals surface area (Å²) in [5.74, 6) is 0. The maximum atomic E-state index is 2.49. The molecule has 0 saturated carbocycles. The highest BCUT2D eigenvalue weighted by atomic mass is 15.1. The van der Waals surface area contributed by atoms with Crippen LogP contribution in [0, 0.1) is 0 Å². The molecule has 2 aliphatic rings. The van der Waals surface area contributed by atoms with E-state index in [0.717, 1.165) is 22.7 Å². The molecular formula is C55H36N2. The smallest absolute Gasteiger partial charge is 0.0726 e. The zero-order valence-corrected chi connectivity index (χ0v) is 31.2. The van der Waals surface area contributed by atoms with E-state index in [0.29, 0.717) is 0 Å². The van der Waals surface area contributed by atoms with Gasteiger partial charge in [-0.15, -0.1) is 0 Å². The second-order valence-corrected chi connectivity index (χ2v) is 15.2. The zero-order chi connectivity index (χ0) is 37.5. The van der Waals surface area contributed by atoms with Gasteiger partial charge in [-0.05, 0) is 105 Å². The summed E-state index contributed by atoms with van der Waals surface area (Å²) in [6, 6.07) is 80.4. The summed E-state index contributed by atoms with van der Waals surface area (Å²) in [6.45, 7) is 0. The lowest BCUT2D eigenvalue weighted by Crippen LogP contribution is -2.26. The van der Waals surface area contributed by atoms with Crippen molar-refractivity contribution in [3.63, 3.8) is 0 Å². The Morgan fingerprint density at radius 3 is 1.60 bits per heavy atom. The van der Waals surface area contributed by atoms with Crippen molar-refractivity contribution >= 4 is 38.9 Å². The molecule has 57 heavy (non-hydrogen) atoms. The SMILES string of the molecule is c1ccc(-c2ccc(N(c3ccc4c(c3)c3ccccc3n4-c3ccccc3)c3cccc4c3-c3ccccc3C43c4ccccc4-c4ccccc43)cc2)cc1. The van der Waals surface area contributed by atoms with E-state index >= 15 is 0 Å². The Labute approximate surface area is 332 Å². The number of benzene rings is 9. The van der Waals surface area contributed by atoms with E-state index in [1.807, 2.05) is 0 Å². The predicted molar refractivity (Wildman–Crippen MR) is 237 cm³/mol.